The molecule has 0 aliphatic carbocycles. The number of ether oxygens (including phenoxy) is 2. The van der Waals surface area contributed by atoms with Crippen LogP contribution in [0, 0.1) is 0 Å². The molecular formula is C18H20N4O4. The van der Waals surface area contributed by atoms with E-state index in [9.17, 15) is 9.59 Å². The number of hydrogen-bond acceptors (Lipinski definition) is 7. The number of hydrogen-bond donors (Lipinski definition) is 1. The molecule has 26 heavy (non-hydrogen) atoms. The molecule has 0 radical (unpaired) electrons. The number of anilines is 2. The Morgan fingerprint density at radius 3 is 2.62 bits per heavy atom. The Bertz CT molecular complexity index is 773. The fourth-order valence-electron chi connectivity index (χ4n) is 2.52. The molecule has 0 unspecified atom stereocenters. The van der Waals surface area contributed by atoms with Crippen LogP contribution >= 0.6 is 0 Å². The first-order valence-corrected chi connectivity index (χ1v) is 8.40. The summed E-state index contributed by atoms with van der Waals surface area (Å²) in [5, 5.41) is 3.10. The normalized spacial score (nSPS) is 14.0. The average molecular weight is 356 g/mol. The van der Waals surface area contributed by atoms with Gasteiger partial charge in [-0.1, -0.05) is 0 Å². The van der Waals surface area contributed by atoms with Crippen molar-refractivity contribution in [2.45, 2.75) is 6.92 Å². The van der Waals surface area contributed by atoms with Crippen molar-refractivity contribution in [2.24, 2.45) is 0 Å². The molecule has 1 aromatic heterocycles. The molecule has 2 aromatic rings. The van der Waals surface area contributed by atoms with Crippen molar-refractivity contribution in [3.8, 4) is 0 Å². The van der Waals surface area contributed by atoms with Crippen LogP contribution in [-0.4, -0.2) is 59.7 Å². The zero-order valence-electron chi connectivity index (χ0n) is 14.5. The fraction of sp³-hybridized carbons (Fsp3) is 0.333. The summed E-state index contributed by atoms with van der Waals surface area (Å²) in [5.74, 6) is -0.00335. The Balaban J connectivity index is 1.68. The van der Waals surface area contributed by atoms with Gasteiger partial charge in [-0.25, -0.2) is 14.8 Å². The first-order valence-electron chi connectivity index (χ1n) is 8.40. The lowest BCUT2D eigenvalue weighted by Gasteiger charge is -2.26. The van der Waals surface area contributed by atoms with E-state index in [4.69, 9.17) is 9.47 Å². The van der Waals surface area contributed by atoms with Gasteiger partial charge in [-0.2, -0.15) is 0 Å². The van der Waals surface area contributed by atoms with Crippen LogP contribution in [0.15, 0.2) is 36.7 Å². The third kappa shape index (κ3) is 4.34. The number of nitrogens with one attached hydrogen (secondary N) is 1. The summed E-state index contributed by atoms with van der Waals surface area (Å²) in [6.45, 7) is 4.28. The molecule has 1 aromatic carbocycles. The Morgan fingerprint density at radius 2 is 1.92 bits per heavy atom. The number of morpholine rings is 1. The van der Waals surface area contributed by atoms with Gasteiger partial charge in [0.15, 0.2) is 0 Å². The van der Waals surface area contributed by atoms with E-state index in [1.165, 1.54) is 6.33 Å². The SMILES string of the molecule is CCOC(=O)c1ccc(Nc2cc(C(=O)N3CCOCC3)ncn2)cc1. The third-order valence-corrected chi connectivity index (χ3v) is 3.85. The number of aromatic nitrogens is 2. The fourth-order valence-corrected chi connectivity index (χ4v) is 2.52. The van der Waals surface area contributed by atoms with Crippen LogP contribution in [0.5, 0.6) is 0 Å². The lowest BCUT2D eigenvalue weighted by molar-refractivity contribution is 0.0299. The van der Waals surface area contributed by atoms with E-state index in [2.05, 4.69) is 15.3 Å². The lowest BCUT2D eigenvalue weighted by atomic mass is 10.2. The minimum absolute atomic E-state index is 0.142. The van der Waals surface area contributed by atoms with Gasteiger partial charge in [-0.05, 0) is 31.2 Å². The smallest absolute Gasteiger partial charge is 0.338 e. The number of rotatable bonds is 5. The first-order chi connectivity index (χ1) is 12.7. The van der Waals surface area contributed by atoms with Gasteiger partial charge in [-0.15, -0.1) is 0 Å². The van der Waals surface area contributed by atoms with E-state index >= 15 is 0 Å². The number of amides is 1. The second kappa shape index (κ2) is 8.39. The van der Waals surface area contributed by atoms with Crippen LogP contribution < -0.4 is 5.32 Å². The van der Waals surface area contributed by atoms with Crippen molar-refractivity contribution in [1.29, 1.82) is 0 Å². The van der Waals surface area contributed by atoms with Crippen LogP contribution in [0.2, 0.25) is 0 Å². The van der Waals surface area contributed by atoms with Gasteiger partial charge in [0.1, 0.15) is 17.8 Å². The van der Waals surface area contributed by atoms with Crippen LogP contribution in [0.25, 0.3) is 0 Å². The maximum atomic E-state index is 12.5. The van der Waals surface area contributed by atoms with Crippen molar-refractivity contribution in [1.82, 2.24) is 14.9 Å². The van der Waals surface area contributed by atoms with Crippen molar-refractivity contribution >= 4 is 23.4 Å². The van der Waals surface area contributed by atoms with Gasteiger partial charge < -0.3 is 19.7 Å². The molecule has 2 heterocycles. The quantitative estimate of drug-likeness (QED) is 0.817. The summed E-state index contributed by atoms with van der Waals surface area (Å²) in [4.78, 5) is 34.1. The van der Waals surface area contributed by atoms with Crippen LogP contribution in [0.3, 0.4) is 0 Å². The van der Waals surface area contributed by atoms with Crippen molar-refractivity contribution in [3.05, 3.63) is 47.9 Å². The minimum atomic E-state index is -0.362. The third-order valence-electron chi connectivity index (χ3n) is 3.85. The molecule has 0 bridgehead atoms. The van der Waals surface area contributed by atoms with Gasteiger partial charge in [0.05, 0.1) is 25.4 Å². The van der Waals surface area contributed by atoms with E-state index < -0.39 is 0 Å². The van der Waals surface area contributed by atoms with Crippen molar-refractivity contribution in [2.75, 3.05) is 38.2 Å². The van der Waals surface area contributed by atoms with E-state index in [1.54, 1.807) is 42.2 Å². The highest BCUT2D eigenvalue weighted by molar-refractivity contribution is 5.93. The zero-order valence-corrected chi connectivity index (χ0v) is 14.5. The number of carbonyl (C=O) groups excluding carboxylic acids is 2. The molecule has 136 valence electrons. The molecule has 1 saturated heterocycles. The highest BCUT2D eigenvalue weighted by Gasteiger charge is 2.20. The Labute approximate surface area is 151 Å². The molecule has 1 N–H and O–H groups in total. The summed E-state index contributed by atoms with van der Waals surface area (Å²) in [7, 11) is 0. The average Bonchev–Trinajstić information content (AvgIpc) is 2.69. The largest absolute Gasteiger partial charge is 0.462 e. The molecule has 1 aliphatic heterocycles. The summed E-state index contributed by atoms with van der Waals surface area (Å²) < 4.78 is 10.2. The molecule has 8 heteroatoms. The van der Waals surface area contributed by atoms with Gasteiger partial charge in [0.2, 0.25) is 0 Å². The van der Waals surface area contributed by atoms with Crippen LogP contribution in [-0.2, 0) is 9.47 Å². The zero-order chi connectivity index (χ0) is 18.4. The maximum Gasteiger partial charge on any atom is 0.338 e. The molecule has 1 amide bonds. The van der Waals surface area contributed by atoms with Gasteiger partial charge in [0, 0.05) is 24.8 Å². The van der Waals surface area contributed by atoms with Gasteiger partial charge >= 0.3 is 5.97 Å². The van der Waals surface area contributed by atoms with Crippen molar-refractivity contribution < 1.29 is 19.1 Å². The summed E-state index contributed by atoms with van der Waals surface area (Å²) >= 11 is 0. The van der Waals surface area contributed by atoms with Gasteiger partial charge in [0.25, 0.3) is 5.91 Å². The molecule has 0 spiro atoms. The molecule has 1 aliphatic rings. The van der Waals surface area contributed by atoms with Crippen LogP contribution in [0.1, 0.15) is 27.8 Å². The standard InChI is InChI=1S/C18H20N4O4/c1-2-26-18(24)13-3-5-14(6-4-13)21-16-11-15(19-12-20-16)17(23)22-7-9-25-10-8-22/h3-6,11-12H,2,7-10H2,1H3,(H,19,20,21). The Kier molecular flexibility index (Phi) is 5.75. The molecule has 0 atom stereocenters. The molecule has 8 nitrogen and oxygen atoms in total. The minimum Gasteiger partial charge on any atom is -0.462 e. The highest BCUT2D eigenvalue weighted by atomic mass is 16.5. The van der Waals surface area contributed by atoms with E-state index in [0.717, 1.165) is 5.69 Å². The predicted molar refractivity (Wildman–Crippen MR) is 94.4 cm³/mol. The molecule has 3 rings (SSSR count). The lowest BCUT2D eigenvalue weighted by Crippen LogP contribution is -2.41. The highest BCUT2D eigenvalue weighted by Crippen LogP contribution is 2.17. The van der Waals surface area contributed by atoms with E-state index in [1.807, 2.05) is 0 Å². The van der Waals surface area contributed by atoms with E-state index in [0.29, 0.717) is 50.0 Å². The molecule has 1 fully saturated rings. The second-order valence-corrected chi connectivity index (χ2v) is 5.62. The number of nitrogens with zero attached hydrogens (tertiary/aromatic N) is 3. The Morgan fingerprint density at radius 1 is 1.19 bits per heavy atom. The summed E-state index contributed by atoms with van der Waals surface area (Å²) in [6.07, 6.45) is 1.35. The van der Waals surface area contributed by atoms with Crippen LogP contribution in [0.4, 0.5) is 11.5 Å². The maximum absolute atomic E-state index is 12.5. The number of carbonyl (C=O) groups is 2. The molecule has 0 saturated carbocycles. The second-order valence-electron chi connectivity index (χ2n) is 5.62. The van der Waals surface area contributed by atoms with Gasteiger partial charge in [-0.3, -0.25) is 4.79 Å². The topological polar surface area (TPSA) is 93.7 Å². The Hall–Kier alpha value is -3.00. The molecular weight excluding hydrogens is 336 g/mol. The monoisotopic (exact) mass is 356 g/mol. The first kappa shape index (κ1) is 17.8. The summed E-state index contributed by atoms with van der Waals surface area (Å²) in [5.41, 5.74) is 1.54. The predicted octanol–water partition coefficient (Wildman–Crippen LogP) is 1.87. The van der Waals surface area contributed by atoms with Crippen molar-refractivity contribution in [3.63, 3.8) is 0 Å². The summed E-state index contributed by atoms with van der Waals surface area (Å²) in [6, 6.07) is 8.44. The van der Waals surface area contributed by atoms with E-state index in [-0.39, 0.29) is 11.9 Å². The number of esters is 1. The number of benzene rings is 1.